The van der Waals surface area contributed by atoms with Gasteiger partial charge in [0.1, 0.15) is 0 Å². The number of aryl methyl sites for hydroxylation is 1. The summed E-state index contributed by atoms with van der Waals surface area (Å²) in [6, 6.07) is 3.58. The minimum absolute atomic E-state index is 0.226. The number of hydrogen-bond acceptors (Lipinski definition) is 4. The Balaban J connectivity index is 2.17. The molecule has 0 bridgehead atoms. The molecule has 1 heterocycles. The Hall–Kier alpha value is -1.82. The van der Waals surface area contributed by atoms with Gasteiger partial charge in [0.05, 0.1) is 6.04 Å². The summed E-state index contributed by atoms with van der Waals surface area (Å²) in [6.07, 6.45) is 0.440. The van der Waals surface area contributed by atoms with Gasteiger partial charge in [-0.15, -0.1) is 10.2 Å². The van der Waals surface area contributed by atoms with Crippen LogP contribution < -0.4 is 5.32 Å². The van der Waals surface area contributed by atoms with Gasteiger partial charge in [-0.05, 0) is 31.2 Å². The molecule has 6 heteroatoms. The van der Waals surface area contributed by atoms with E-state index in [1.54, 1.807) is 14.0 Å². The van der Waals surface area contributed by atoms with Crippen molar-refractivity contribution in [2.24, 2.45) is 0 Å². The molecule has 0 aliphatic heterocycles. The number of hydrogen-bond donors (Lipinski definition) is 1. The van der Waals surface area contributed by atoms with E-state index in [2.05, 4.69) is 15.5 Å². The molecular weight excluding hydrogens is 240 g/mol. The maximum absolute atomic E-state index is 13.1. The third kappa shape index (κ3) is 2.70. The van der Waals surface area contributed by atoms with Crippen molar-refractivity contribution in [3.8, 4) is 0 Å². The van der Waals surface area contributed by atoms with Gasteiger partial charge in [0.2, 0.25) is 11.8 Å². The summed E-state index contributed by atoms with van der Waals surface area (Å²) in [5.74, 6) is -0.812. The van der Waals surface area contributed by atoms with Crippen molar-refractivity contribution in [1.82, 2.24) is 15.5 Å². The average Bonchev–Trinajstić information content (AvgIpc) is 2.77. The fraction of sp³-hybridized carbons (Fsp3) is 0.333. The highest BCUT2D eigenvalue weighted by Crippen LogP contribution is 2.18. The van der Waals surface area contributed by atoms with Crippen LogP contribution in [-0.4, -0.2) is 17.2 Å². The van der Waals surface area contributed by atoms with Crippen molar-refractivity contribution in [3.63, 3.8) is 0 Å². The first-order chi connectivity index (χ1) is 8.60. The van der Waals surface area contributed by atoms with Crippen molar-refractivity contribution in [2.75, 3.05) is 7.05 Å². The molecule has 1 aromatic carbocycles. The molecule has 0 unspecified atom stereocenters. The molecule has 4 nitrogen and oxygen atoms in total. The predicted octanol–water partition coefficient (Wildman–Crippen LogP) is 2.16. The minimum atomic E-state index is -0.857. The van der Waals surface area contributed by atoms with Crippen LogP contribution in [0, 0.1) is 18.6 Å². The van der Waals surface area contributed by atoms with Crippen molar-refractivity contribution in [3.05, 3.63) is 47.2 Å². The van der Waals surface area contributed by atoms with Crippen LogP contribution >= 0.6 is 0 Å². The molecule has 1 atom stereocenters. The maximum Gasteiger partial charge on any atom is 0.233 e. The Morgan fingerprint density at radius 2 is 2.06 bits per heavy atom. The molecule has 0 amide bonds. The molecule has 0 aliphatic rings. The highest BCUT2D eigenvalue weighted by Gasteiger charge is 2.17. The second-order valence-corrected chi connectivity index (χ2v) is 3.95. The summed E-state index contributed by atoms with van der Waals surface area (Å²) in [5.41, 5.74) is 0.657. The van der Waals surface area contributed by atoms with E-state index < -0.39 is 11.6 Å². The third-order valence-electron chi connectivity index (χ3n) is 2.61. The van der Waals surface area contributed by atoms with Gasteiger partial charge >= 0.3 is 0 Å². The standard InChI is InChI=1S/C12H13F2N3O/c1-7-16-17-12(18-7)11(15-2)6-8-3-4-9(13)10(14)5-8/h3-5,11,15H,6H2,1-2H3/t11-/m1/s1. The molecule has 1 N–H and O–H groups in total. The number of halogens is 2. The first-order valence-corrected chi connectivity index (χ1v) is 5.51. The van der Waals surface area contributed by atoms with E-state index in [9.17, 15) is 8.78 Å². The molecule has 18 heavy (non-hydrogen) atoms. The zero-order valence-electron chi connectivity index (χ0n) is 10.1. The van der Waals surface area contributed by atoms with Crippen LogP contribution in [0.4, 0.5) is 8.78 Å². The number of nitrogens with one attached hydrogen (secondary N) is 1. The first kappa shape index (κ1) is 12.6. The normalized spacial score (nSPS) is 12.7. The quantitative estimate of drug-likeness (QED) is 0.907. The van der Waals surface area contributed by atoms with Gasteiger partial charge in [0.25, 0.3) is 0 Å². The Kier molecular flexibility index (Phi) is 3.66. The molecule has 2 aromatic rings. The zero-order valence-corrected chi connectivity index (χ0v) is 10.1. The molecule has 0 aliphatic carbocycles. The lowest BCUT2D eigenvalue weighted by atomic mass is 10.1. The van der Waals surface area contributed by atoms with Crippen LogP contribution in [0.15, 0.2) is 22.6 Å². The molecule has 0 fully saturated rings. The van der Waals surface area contributed by atoms with E-state index in [-0.39, 0.29) is 6.04 Å². The number of nitrogens with zero attached hydrogens (tertiary/aromatic N) is 2. The summed E-state index contributed by atoms with van der Waals surface area (Å²) >= 11 is 0. The number of rotatable bonds is 4. The zero-order chi connectivity index (χ0) is 13.1. The van der Waals surface area contributed by atoms with Crippen molar-refractivity contribution >= 4 is 0 Å². The lowest BCUT2D eigenvalue weighted by Crippen LogP contribution is -2.19. The Morgan fingerprint density at radius 1 is 1.28 bits per heavy atom. The van der Waals surface area contributed by atoms with Crippen LogP contribution in [0.25, 0.3) is 0 Å². The lowest BCUT2D eigenvalue weighted by molar-refractivity contribution is 0.399. The predicted molar refractivity (Wildman–Crippen MR) is 60.9 cm³/mol. The van der Waals surface area contributed by atoms with Gasteiger partial charge in [-0.1, -0.05) is 6.07 Å². The minimum Gasteiger partial charge on any atom is -0.424 e. The SMILES string of the molecule is CN[C@H](Cc1ccc(F)c(F)c1)c1nnc(C)o1. The fourth-order valence-corrected chi connectivity index (χ4v) is 1.67. The Bertz CT molecular complexity index is 542. The van der Waals surface area contributed by atoms with E-state index in [4.69, 9.17) is 4.42 Å². The molecule has 1 aromatic heterocycles. The number of aromatic nitrogens is 2. The van der Waals surface area contributed by atoms with Crippen LogP contribution in [0.2, 0.25) is 0 Å². The topological polar surface area (TPSA) is 51.0 Å². The second kappa shape index (κ2) is 5.22. The smallest absolute Gasteiger partial charge is 0.233 e. The van der Waals surface area contributed by atoms with E-state index >= 15 is 0 Å². The average molecular weight is 253 g/mol. The van der Waals surface area contributed by atoms with Gasteiger partial charge in [-0.25, -0.2) is 8.78 Å². The van der Waals surface area contributed by atoms with Gasteiger partial charge in [0, 0.05) is 6.92 Å². The maximum atomic E-state index is 13.1. The lowest BCUT2D eigenvalue weighted by Gasteiger charge is -2.11. The van der Waals surface area contributed by atoms with E-state index in [0.717, 1.165) is 6.07 Å². The fourth-order valence-electron chi connectivity index (χ4n) is 1.67. The van der Waals surface area contributed by atoms with Crippen LogP contribution in [-0.2, 0) is 6.42 Å². The molecule has 96 valence electrons. The van der Waals surface area contributed by atoms with Crippen LogP contribution in [0.1, 0.15) is 23.4 Å². The molecule has 0 spiro atoms. The van der Waals surface area contributed by atoms with Crippen molar-refractivity contribution in [2.45, 2.75) is 19.4 Å². The molecular formula is C12H13F2N3O. The van der Waals surface area contributed by atoms with Crippen LogP contribution in [0.5, 0.6) is 0 Å². The number of likely N-dealkylation sites (N-methyl/N-ethyl adjacent to an activating group) is 1. The van der Waals surface area contributed by atoms with E-state index in [1.165, 1.54) is 12.1 Å². The molecule has 2 rings (SSSR count). The monoisotopic (exact) mass is 253 g/mol. The summed E-state index contributed by atoms with van der Waals surface area (Å²) in [7, 11) is 1.74. The van der Waals surface area contributed by atoms with Gasteiger partial charge in [0.15, 0.2) is 11.6 Å². The van der Waals surface area contributed by atoms with Gasteiger partial charge in [-0.2, -0.15) is 0 Å². The highest BCUT2D eigenvalue weighted by atomic mass is 19.2. The Morgan fingerprint density at radius 3 is 2.61 bits per heavy atom. The first-order valence-electron chi connectivity index (χ1n) is 5.51. The summed E-state index contributed by atoms with van der Waals surface area (Å²) in [4.78, 5) is 0. The molecule has 0 radical (unpaired) electrons. The van der Waals surface area contributed by atoms with Crippen molar-refractivity contribution in [1.29, 1.82) is 0 Å². The molecule has 0 saturated heterocycles. The van der Waals surface area contributed by atoms with E-state index in [0.29, 0.717) is 23.8 Å². The van der Waals surface area contributed by atoms with Gasteiger partial charge < -0.3 is 9.73 Å². The summed E-state index contributed by atoms with van der Waals surface area (Å²) in [5, 5.41) is 10.6. The number of benzene rings is 1. The highest BCUT2D eigenvalue weighted by molar-refractivity contribution is 5.19. The molecule has 0 saturated carbocycles. The third-order valence-corrected chi connectivity index (χ3v) is 2.61. The largest absolute Gasteiger partial charge is 0.424 e. The second-order valence-electron chi connectivity index (χ2n) is 3.95. The van der Waals surface area contributed by atoms with E-state index in [1.807, 2.05) is 0 Å². The summed E-state index contributed by atoms with van der Waals surface area (Å²) < 4.78 is 31.2. The van der Waals surface area contributed by atoms with Crippen molar-refractivity contribution < 1.29 is 13.2 Å². The summed E-state index contributed by atoms with van der Waals surface area (Å²) in [6.45, 7) is 1.70. The Labute approximate surface area is 103 Å². The van der Waals surface area contributed by atoms with Crippen LogP contribution in [0.3, 0.4) is 0 Å². The van der Waals surface area contributed by atoms with Gasteiger partial charge in [-0.3, -0.25) is 0 Å².